The number of amides is 1. The van der Waals surface area contributed by atoms with Crippen LogP contribution in [0.3, 0.4) is 0 Å². The second-order valence-electron chi connectivity index (χ2n) is 3.77. The summed E-state index contributed by atoms with van der Waals surface area (Å²) >= 11 is 5.90. The third-order valence-electron chi connectivity index (χ3n) is 2.30. The first-order valence-electron chi connectivity index (χ1n) is 4.66. The molecule has 82 valence electrons. The Morgan fingerprint density at radius 2 is 2.07 bits per heavy atom. The Bertz CT molecular complexity index is 388. The lowest BCUT2D eigenvalue weighted by Crippen LogP contribution is -2.23. The Morgan fingerprint density at radius 1 is 1.47 bits per heavy atom. The molecule has 2 N–H and O–H groups in total. The summed E-state index contributed by atoms with van der Waals surface area (Å²) in [6.45, 7) is 1.92. The molecule has 1 aromatic rings. The zero-order valence-corrected chi connectivity index (χ0v) is 9.93. The van der Waals surface area contributed by atoms with E-state index in [0.717, 1.165) is 11.1 Å². The van der Waals surface area contributed by atoms with Crippen molar-refractivity contribution in [1.29, 1.82) is 0 Å². The molecular weight excluding hydrogens is 212 g/mol. The molecule has 0 aromatic heterocycles. The van der Waals surface area contributed by atoms with Gasteiger partial charge in [0.15, 0.2) is 0 Å². The fraction of sp³-hybridized carbons (Fsp3) is 0.364. The number of hydrogen-bond donors (Lipinski definition) is 1. The van der Waals surface area contributed by atoms with Crippen molar-refractivity contribution >= 4 is 23.2 Å². The molecule has 0 aliphatic heterocycles. The summed E-state index contributed by atoms with van der Waals surface area (Å²) in [7, 11) is 3.47. The summed E-state index contributed by atoms with van der Waals surface area (Å²) in [5.41, 5.74) is 8.12. The average Bonchev–Trinajstić information content (AvgIpc) is 2.13. The quantitative estimate of drug-likeness (QED) is 0.783. The topological polar surface area (TPSA) is 46.3 Å². The molecule has 3 nitrogen and oxygen atoms in total. The van der Waals surface area contributed by atoms with E-state index in [2.05, 4.69) is 0 Å². The SMILES string of the molecule is Cc1cc(N)c(Cl)cc1CC(=O)N(C)C. The molecule has 0 atom stereocenters. The van der Waals surface area contributed by atoms with Crippen LogP contribution in [0.1, 0.15) is 11.1 Å². The van der Waals surface area contributed by atoms with Crippen LogP contribution in [-0.4, -0.2) is 24.9 Å². The van der Waals surface area contributed by atoms with Gasteiger partial charge in [0, 0.05) is 14.1 Å². The van der Waals surface area contributed by atoms with Gasteiger partial charge in [0.05, 0.1) is 17.1 Å². The Labute approximate surface area is 94.8 Å². The van der Waals surface area contributed by atoms with E-state index in [9.17, 15) is 4.79 Å². The first-order chi connectivity index (χ1) is 6.91. The van der Waals surface area contributed by atoms with Crippen LogP contribution in [0.25, 0.3) is 0 Å². The number of anilines is 1. The summed E-state index contributed by atoms with van der Waals surface area (Å²) in [5, 5.41) is 0.502. The number of rotatable bonds is 2. The van der Waals surface area contributed by atoms with E-state index in [1.807, 2.05) is 6.92 Å². The third-order valence-corrected chi connectivity index (χ3v) is 2.62. The van der Waals surface area contributed by atoms with E-state index < -0.39 is 0 Å². The van der Waals surface area contributed by atoms with E-state index >= 15 is 0 Å². The lowest BCUT2D eigenvalue weighted by molar-refractivity contribution is -0.127. The lowest BCUT2D eigenvalue weighted by atomic mass is 10.0. The lowest BCUT2D eigenvalue weighted by Gasteiger charge is -2.12. The molecule has 0 heterocycles. The number of halogens is 1. The second kappa shape index (κ2) is 4.53. The Balaban J connectivity index is 2.96. The van der Waals surface area contributed by atoms with Crippen molar-refractivity contribution in [3.63, 3.8) is 0 Å². The normalized spacial score (nSPS) is 10.1. The summed E-state index contributed by atoms with van der Waals surface area (Å²) in [5.74, 6) is 0.0546. The summed E-state index contributed by atoms with van der Waals surface area (Å²) in [4.78, 5) is 13.1. The van der Waals surface area contributed by atoms with E-state index in [1.54, 1.807) is 31.1 Å². The number of nitrogens with zero attached hydrogens (tertiary/aromatic N) is 1. The number of benzene rings is 1. The highest BCUT2D eigenvalue weighted by atomic mass is 35.5. The molecule has 0 spiro atoms. The van der Waals surface area contributed by atoms with Crippen molar-refractivity contribution < 1.29 is 4.79 Å². The van der Waals surface area contributed by atoms with Gasteiger partial charge in [0.2, 0.25) is 5.91 Å². The molecule has 0 radical (unpaired) electrons. The number of nitrogens with two attached hydrogens (primary N) is 1. The predicted octanol–water partition coefficient (Wildman–Crippen LogP) is 1.86. The fourth-order valence-electron chi connectivity index (χ4n) is 1.26. The van der Waals surface area contributed by atoms with E-state index in [0.29, 0.717) is 17.1 Å². The van der Waals surface area contributed by atoms with Gasteiger partial charge in [-0.1, -0.05) is 11.6 Å². The molecule has 1 rings (SSSR count). The summed E-state index contributed by atoms with van der Waals surface area (Å²) in [6, 6.07) is 3.55. The number of carbonyl (C=O) groups excluding carboxylic acids is 1. The molecule has 0 aliphatic rings. The maximum atomic E-state index is 11.5. The van der Waals surface area contributed by atoms with Gasteiger partial charge in [-0.3, -0.25) is 4.79 Å². The van der Waals surface area contributed by atoms with E-state index in [-0.39, 0.29) is 5.91 Å². The van der Waals surface area contributed by atoms with Gasteiger partial charge in [-0.2, -0.15) is 0 Å². The number of likely N-dealkylation sites (N-methyl/N-ethyl adjacent to an activating group) is 1. The van der Waals surface area contributed by atoms with Crippen molar-refractivity contribution in [2.24, 2.45) is 0 Å². The van der Waals surface area contributed by atoms with Gasteiger partial charge in [-0.25, -0.2) is 0 Å². The highest BCUT2D eigenvalue weighted by Crippen LogP contribution is 2.23. The Hall–Kier alpha value is -1.22. The molecule has 0 bridgehead atoms. The average molecular weight is 227 g/mol. The van der Waals surface area contributed by atoms with Gasteiger partial charge in [0.25, 0.3) is 0 Å². The van der Waals surface area contributed by atoms with Gasteiger partial charge < -0.3 is 10.6 Å². The van der Waals surface area contributed by atoms with Crippen LogP contribution < -0.4 is 5.73 Å². The number of nitrogen functional groups attached to an aromatic ring is 1. The summed E-state index contributed by atoms with van der Waals surface area (Å²) in [6.07, 6.45) is 0.360. The molecule has 0 saturated heterocycles. The van der Waals surface area contributed by atoms with Crippen LogP contribution in [0, 0.1) is 6.92 Å². The third kappa shape index (κ3) is 2.86. The molecule has 0 saturated carbocycles. The summed E-state index contributed by atoms with van der Waals surface area (Å²) < 4.78 is 0. The van der Waals surface area contributed by atoms with Gasteiger partial charge in [-0.05, 0) is 30.2 Å². The van der Waals surface area contributed by atoms with Crippen LogP contribution >= 0.6 is 11.6 Å². The van der Waals surface area contributed by atoms with Gasteiger partial charge >= 0.3 is 0 Å². The molecule has 1 aromatic carbocycles. The largest absolute Gasteiger partial charge is 0.398 e. The highest BCUT2D eigenvalue weighted by molar-refractivity contribution is 6.33. The molecule has 0 unspecified atom stereocenters. The van der Waals surface area contributed by atoms with Crippen LogP contribution in [0.2, 0.25) is 5.02 Å². The van der Waals surface area contributed by atoms with Crippen molar-refractivity contribution in [2.45, 2.75) is 13.3 Å². The molecule has 0 fully saturated rings. The van der Waals surface area contributed by atoms with Crippen molar-refractivity contribution in [3.8, 4) is 0 Å². The van der Waals surface area contributed by atoms with Crippen LogP contribution in [-0.2, 0) is 11.2 Å². The monoisotopic (exact) mass is 226 g/mol. The number of aryl methyl sites for hydroxylation is 1. The minimum absolute atomic E-state index is 0.0546. The molecule has 0 aliphatic carbocycles. The van der Waals surface area contributed by atoms with Gasteiger partial charge in [0.1, 0.15) is 0 Å². The zero-order valence-electron chi connectivity index (χ0n) is 9.17. The van der Waals surface area contributed by atoms with E-state index in [4.69, 9.17) is 17.3 Å². The van der Waals surface area contributed by atoms with Crippen LogP contribution in [0.15, 0.2) is 12.1 Å². The van der Waals surface area contributed by atoms with Crippen molar-refractivity contribution in [2.75, 3.05) is 19.8 Å². The first-order valence-corrected chi connectivity index (χ1v) is 5.04. The van der Waals surface area contributed by atoms with Crippen molar-refractivity contribution in [3.05, 3.63) is 28.3 Å². The number of hydrogen-bond acceptors (Lipinski definition) is 2. The predicted molar refractivity (Wildman–Crippen MR) is 63.0 cm³/mol. The van der Waals surface area contributed by atoms with E-state index in [1.165, 1.54) is 0 Å². The van der Waals surface area contributed by atoms with Crippen LogP contribution in [0.5, 0.6) is 0 Å². The highest BCUT2D eigenvalue weighted by Gasteiger charge is 2.09. The van der Waals surface area contributed by atoms with Gasteiger partial charge in [-0.15, -0.1) is 0 Å². The molecular formula is C11H15ClN2O. The molecule has 4 heteroatoms. The maximum Gasteiger partial charge on any atom is 0.226 e. The minimum Gasteiger partial charge on any atom is -0.398 e. The first kappa shape index (κ1) is 11.9. The molecule has 15 heavy (non-hydrogen) atoms. The maximum absolute atomic E-state index is 11.5. The Kier molecular flexibility index (Phi) is 3.58. The Morgan fingerprint density at radius 3 is 2.60 bits per heavy atom. The second-order valence-corrected chi connectivity index (χ2v) is 4.17. The molecule has 1 amide bonds. The smallest absolute Gasteiger partial charge is 0.226 e. The minimum atomic E-state index is 0.0546. The van der Waals surface area contributed by atoms with Crippen molar-refractivity contribution in [1.82, 2.24) is 4.90 Å². The standard InChI is InChI=1S/C11H15ClN2O/c1-7-4-10(13)9(12)5-8(7)6-11(15)14(2)3/h4-5H,6,13H2,1-3H3. The fourth-order valence-corrected chi connectivity index (χ4v) is 1.44. The van der Waals surface area contributed by atoms with Crippen LogP contribution in [0.4, 0.5) is 5.69 Å². The number of carbonyl (C=O) groups is 1. The zero-order chi connectivity index (χ0) is 11.6.